The molecule has 0 radical (unpaired) electrons. The number of carbonyl (C=O) groups is 5. The van der Waals surface area contributed by atoms with E-state index < -0.39 is 53.8 Å². The third-order valence-corrected chi connectivity index (χ3v) is 5.48. The van der Waals surface area contributed by atoms with Crippen LogP contribution in [0.5, 0.6) is 0 Å². The topological polar surface area (TPSA) is 179 Å². The molecule has 1 fully saturated rings. The molecule has 3 amide bonds. The monoisotopic (exact) mass is 470 g/mol. The number of hydrogen-bond acceptors (Lipinski definition) is 6. The standard InChI is InChI=1S/C22H38N4O7/c1-12(2)10-14(23)19(29)25-16(11-13(3)4)20(30)24-15(7-8-18(27)28)21(31)26-9-5-6-17(26)22(32)33/h12-17H,5-11,23H2,1-4H3,(H,24,30)(H,25,29)(H,27,28)(H,32,33). The number of likely N-dealkylation sites (tertiary alicyclic amines) is 1. The Balaban J connectivity index is 3.01. The van der Waals surface area contributed by atoms with E-state index in [-0.39, 0.29) is 37.6 Å². The molecule has 0 bridgehead atoms. The molecule has 1 heterocycles. The van der Waals surface area contributed by atoms with Gasteiger partial charge in [0, 0.05) is 13.0 Å². The second kappa shape index (κ2) is 13.1. The molecule has 33 heavy (non-hydrogen) atoms. The highest BCUT2D eigenvalue weighted by Gasteiger charge is 2.38. The van der Waals surface area contributed by atoms with E-state index in [0.29, 0.717) is 19.3 Å². The first kappa shape index (κ1) is 28.3. The van der Waals surface area contributed by atoms with E-state index in [1.807, 2.05) is 27.7 Å². The molecule has 188 valence electrons. The smallest absolute Gasteiger partial charge is 0.326 e. The Morgan fingerprint density at radius 3 is 2.03 bits per heavy atom. The molecule has 0 saturated carbocycles. The minimum absolute atomic E-state index is 0.0329. The van der Waals surface area contributed by atoms with Gasteiger partial charge in [-0.15, -0.1) is 0 Å². The van der Waals surface area contributed by atoms with E-state index in [0.717, 1.165) is 0 Å². The highest BCUT2D eigenvalue weighted by Crippen LogP contribution is 2.20. The third-order valence-electron chi connectivity index (χ3n) is 5.48. The van der Waals surface area contributed by atoms with Crippen LogP contribution >= 0.6 is 0 Å². The SMILES string of the molecule is CC(C)CC(N)C(=O)NC(CC(C)C)C(=O)NC(CCC(=O)O)C(=O)N1CCCC1C(=O)O. The lowest BCUT2D eigenvalue weighted by atomic mass is 10.00. The van der Waals surface area contributed by atoms with Crippen molar-refractivity contribution in [3.8, 4) is 0 Å². The minimum Gasteiger partial charge on any atom is -0.481 e. The van der Waals surface area contributed by atoms with Crippen molar-refractivity contribution in [1.82, 2.24) is 15.5 Å². The van der Waals surface area contributed by atoms with Gasteiger partial charge in [-0.05, 0) is 43.9 Å². The molecule has 4 atom stereocenters. The van der Waals surface area contributed by atoms with Crippen LogP contribution in [0.3, 0.4) is 0 Å². The van der Waals surface area contributed by atoms with Crippen molar-refractivity contribution in [3.63, 3.8) is 0 Å². The second-order valence-electron chi connectivity index (χ2n) is 9.45. The summed E-state index contributed by atoms with van der Waals surface area (Å²) in [6.45, 7) is 7.80. The molecule has 0 spiro atoms. The molecule has 1 saturated heterocycles. The number of amides is 3. The maximum atomic E-state index is 13.1. The van der Waals surface area contributed by atoms with E-state index in [1.54, 1.807) is 0 Å². The number of aliphatic carboxylic acids is 2. The highest BCUT2D eigenvalue weighted by molar-refractivity contribution is 5.94. The summed E-state index contributed by atoms with van der Waals surface area (Å²) < 4.78 is 0. The Kier molecular flexibility index (Phi) is 11.3. The van der Waals surface area contributed by atoms with Gasteiger partial charge < -0.3 is 31.5 Å². The Morgan fingerprint density at radius 1 is 0.939 bits per heavy atom. The Hall–Kier alpha value is -2.69. The number of carboxylic acids is 2. The lowest BCUT2D eigenvalue weighted by Gasteiger charge is -2.29. The van der Waals surface area contributed by atoms with E-state index in [1.165, 1.54) is 4.90 Å². The molecule has 11 heteroatoms. The Bertz CT molecular complexity index is 726. The zero-order chi connectivity index (χ0) is 25.3. The van der Waals surface area contributed by atoms with Crippen molar-refractivity contribution in [2.75, 3.05) is 6.54 Å². The number of nitrogens with zero attached hydrogens (tertiary/aromatic N) is 1. The van der Waals surface area contributed by atoms with Gasteiger partial charge in [0.05, 0.1) is 6.04 Å². The predicted molar refractivity (Wildman–Crippen MR) is 120 cm³/mol. The first-order valence-electron chi connectivity index (χ1n) is 11.4. The summed E-state index contributed by atoms with van der Waals surface area (Å²) in [5.74, 6) is -3.83. The van der Waals surface area contributed by atoms with E-state index in [2.05, 4.69) is 10.6 Å². The summed E-state index contributed by atoms with van der Waals surface area (Å²) in [6, 6.07) is -3.99. The zero-order valence-corrected chi connectivity index (χ0v) is 19.9. The summed E-state index contributed by atoms with van der Waals surface area (Å²) >= 11 is 0. The van der Waals surface area contributed by atoms with Gasteiger partial charge in [-0.3, -0.25) is 19.2 Å². The van der Waals surface area contributed by atoms with Crippen LogP contribution in [0.2, 0.25) is 0 Å². The van der Waals surface area contributed by atoms with Crippen molar-refractivity contribution in [3.05, 3.63) is 0 Å². The average Bonchev–Trinajstić information content (AvgIpc) is 3.19. The van der Waals surface area contributed by atoms with Crippen LogP contribution in [-0.4, -0.2) is 75.5 Å². The molecular weight excluding hydrogens is 432 g/mol. The molecule has 6 N–H and O–H groups in total. The largest absolute Gasteiger partial charge is 0.481 e. The fraction of sp³-hybridized carbons (Fsp3) is 0.773. The number of rotatable bonds is 13. The van der Waals surface area contributed by atoms with Crippen LogP contribution in [0, 0.1) is 11.8 Å². The summed E-state index contributed by atoms with van der Waals surface area (Å²) in [5, 5.41) is 23.6. The molecule has 1 aliphatic rings. The van der Waals surface area contributed by atoms with Gasteiger partial charge in [-0.25, -0.2) is 4.79 Å². The van der Waals surface area contributed by atoms with Gasteiger partial charge >= 0.3 is 11.9 Å². The van der Waals surface area contributed by atoms with Gasteiger partial charge in [-0.1, -0.05) is 27.7 Å². The number of hydrogen-bond donors (Lipinski definition) is 5. The molecule has 4 unspecified atom stereocenters. The van der Waals surface area contributed by atoms with Crippen molar-refractivity contribution < 1.29 is 34.2 Å². The molecule has 0 aromatic rings. The van der Waals surface area contributed by atoms with Crippen LogP contribution in [0.1, 0.15) is 66.2 Å². The van der Waals surface area contributed by atoms with Crippen LogP contribution in [0.25, 0.3) is 0 Å². The van der Waals surface area contributed by atoms with E-state index >= 15 is 0 Å². The van der Waals surface area contributed by atoms with E-state index in [9.17, 15) is 29.1 Å². The number of nitrogens with one attached hydrogen (secondary N) is 2. The van der Waals surface area contributed by atoms with Gasteiger partial charge in [0.2, 0.25) is 17.7 Å². The quantitative estimate of drug-likeness (QED) is 0.255. The highest BCUT2D eigenvalue weighted by atomic mass is 16.4. The normalized spacial score (nSPS) is 18.6. The summed E-state index contributed by atoms with van der Waals surface area (Å²) in [7, 11) is 0. The second-order valence-corrected chi connectivity index (χ2v) is 9.45. The fourth-order valence-corrected chi connectivity index (χ4v) is 3.88. The Morgan fingerprint density at radius 2 is 1.52 bits per heavy atom. The van der Waals surface area contributed by atoms with Crippen molar-refractivity contribution in [2.24, 2.45) is 17.6 Å². The maximum absolute atomic E-state index is 13.1. The summed E-state index contributed by atoms with van der Waals surface area (Å²) in [6.07, 6.45) is 0.934. The lowest BCUT2D eigenvalue weighted by molar-refractivity contribution is -0.150. The van der Waals surface area contributed by atoms with Crippen LogP contribution < -0.4 is 16.4 Å². The van der Waals surface area contributed by atoms with Crippen LogP contribution in [0.4, 0.5) is 0 Å². The van der Waals surface area contributed by atoms with E-state index in [4.69, 9.17) is 10.8 Å². The third kappa shape index (κ3) is 9.37. The Labute approximate surface area is 194 Å². The molecular formula is C22H38N4O7. The maximum Gasteiger partial charge on any atom is 0.326 e. The van der Waals surface area contributed by atoms with Gasteiger partial charge in [0.1, 0.15) is 18.1 Å². The number of nitrogens with two attached hydrogens (primary N) is 1. The molecule has 0 aromatic carbocycles. The van der Waals surface area contributed by atoms with Crippen molar-refractivity contribution >= 4 is 29.7 Å². The molecule has 1 aliphatic heterocycles. The summed E-state index contributed by atoms with van der Waals surface area (Å²) in [4.78, 5) is 62.3. The molecule has 0 aromatic heterocycles. The predicted octanol–water partition coefficient (Wildman–Crippen LogP) is 0.316. The fourth-order valence-electron chi connectivity index (χ4n) is 3.88. The first-order chi connectivity index (χ1) is 15.3. The number of carboxylic acid groups (broad SMARTS) is 2. The average molecular weight is 471 g/mol. The molecule has 0 aliphatic carbocycles. The molecule has 11 nitrogen and oxygen atoms in total. The van der Waals surface area contributed by atoms with Crippen molar-refractivity contribution in [2.45, 2.75) is 90.4 Å². The molecule has 1 rings (SSSR count). The van der Waals surface area contributed by atoms with Gasteiger partial charge in [0.15, 0.2) is 0 Å². The lowest BCUT2D eigenvalue weighted by Crippen LogP contribution is -2.57. The van der Waals surface area contributed by atoms with Crippen LogP contribution in [0.15, 0.2) is 0 Å². The van der Waals surface area contributed by atoms with Crippen molar-refractivity contribution in [1.29, 1.82) is 0 Å². The first-order valence-corrected chi connectivity index (χ1v) is 11.4. The summed E-state index contributed by atoms with van der Waals surface area (Å²) in [5.41, 5.74) is 5.93. The van der Waals surface area contributed by atoms with Gasteiger partial charge in [-0.2, -0.15) is 0 Å². The van der Waals surface area contributed by atoms with Gasteiger partial charge in [0.25, 0.3) is 0 Å². The minimum atomic E-state index is -1.22. The number of carbonyl (C=O) groups excluding carboxylic acids is 3. The van der Waals surface area contributed by atoms with Crippen LogP contribution in [-0.2, 0) is 24.0 Å². The zero-order valence-electron chi connectivity index (χ0n) is 19.9.